The first-order valence-electron chi connectivity index (χ1n) is 10.6. The van der Waals surface area contributed by atoms with Crippen LogP contribution in [-0.2, 0) is 0 Å². The summed E-state index contributed by atoms with van der Waals surface area (Å²) in [4.78, 5) is 26.4. The molecule has 0 atom stereocenters. The van der Waals surface area contributed by atoms with E-state index >= 15 is 0 Å². The predicted molar refractivity (Wildman–Crippen MR) is 129 cm³/mol. The number of carbonyl (C=O) groups excluding carboxylic acids is 1. The number of anilines is 1. The third kappa shape index (κ3) is 4.46. The molecule has 0 unspecified atom stereocenters. The van der Waals surface area contributed by atoms with Gasteiger partial charge in [0.25, 0.3) is 5.91 Å². The maximum Gasteiger partial charge on any atom is 0.256 e. The zero-order valence-electron chi connectivity index (χ0n) is 18.9. The van der Waals surface area contributed by atoms with Crippen LogP contribution in [0.1, 0.15) is 32.7 Å². The Bertz CT molecular complexity index is 1410. The normalized spacial score (nSPS) is 10.8. The number of aromatic nitrogens is 2. The van der Waals surface area contributed by atoms with E-state index < -0.39 is 11.7 Å². The molecule has 1 amide bonds. The third-order valence-corrected chi connectivity index (χ3v) is 5.67. The van der Waals surface area contributed by atoms with E-state index in [2.05, 4.69) is 10.4 Å². The van der Waals surface area contributed by atoms with Gasteiger partial charge in [-0.15, -0.1) is 0 Å². The minimum atomic E-state index is -0.467. The van der Waals surface area contributed by atoms with Crippen molar-refractivity contribution in [2.75, 3.05) is 5.32 Å². The molecule has 0 aliphatic rings. The fourth-order valence-corrected chi connectivity index (χ4v) is 3.57. The molecule has 0 aliphatic heterocycles. The van der Waals surface area contributed by atoms with Crippen LogP contribution in [0.3, 0.4) is 0 Å². The molecule has 0 saturated heterocycles. The zero-order valence-corrected chi connectivity index (χ0v) is 18.9. The Morgan fingerprint density at radius 3 is 2.18 bits per heavy atom. The summed E-state index contributed by atoms with van der Waals surface area (Å²) in [5.41, 5.74) is 5.26. The molecule has 1 heterocycles. The molecule has 0 radical (unpaired) electrons. The highest BCUT2D eigenvalue weighted by atomic mass is 19.1. The number of benzene rings is 3. The summed E-state index contributed by atoms with van der Waals surface area (Å²) in [5, 5.41) is 7.38. The lowest BCUT2D eigenvalue weighted by molar-refractivity contribution is 0.102. The summed E-state index contributed by atoms with van der Waals surface area (Å²) in [6, 6.07) is 18.6. The lowest BCUT2D eigenvalue weighted by Crippen LogP contribution is -2.25. The molecular weight excluding hydrogens is 417 g/mol. The van der Waals surface area contributed by atoms with Crippen LogP contribution in [0.2, 0.25) is 0 Å². The minimum Gasteiger partial charge on any atom is -0.306 e. The molecule has 6 heteroatoms. The summed E-state index contributed by atoms with van der Waals surface area (Å²) in [7, 11) is 0. The van der Waals surface area contributed by atoms with Gasteiger partial charge >= 0.3 is 0 Å². The second kappa shape index (κ2) is 8.82. The average Bonchev–Trinajstić information content (AvgIpc) is 2.79. The van der Waals surface area contributed by atoms with Gasteiger partial charge in [0, 0.05) is 5.56 Å². The second-order valence-electron chi connectivity index (χ2n) is 8.15. The Morgan fingerprint density at radius 2 is 1.55 bits per heavy atom. The maximum absolute atomic E-state index is 13.4. The summed E-state index contributed by atoms with van der Waals surface area (Å²) in [6.07, 6.45) is 0. The number of nitrogens with zero attached hydrogens (tertiary/aromatic N) is 2. The summed E-state index contributed by atoms with van der Waals surface area (Å²) in [5.74, 6) is -0.644. The number of halogens is 1. The van der Waals surface area contributed by atoms with Crippen molar-refractivity contribution in [2.24, 2.45) is 0 Å². The number of hydrogen-bond donors (Lipinski definition) is 1. The van der Waals surface area contributed by atoms with Crippen molar-refractivity contribution in [1.29, 1.82) is 0 Å². The van der Waals surface area contributed by atoms with Gasteiger partial charge in [-0.2, -0.15) is 5.10 Å². The highest BCUT2D eigenvalue weighted by Crippen LogP contribution is 2.28. The van der Waals surface area contributed by atoms with E-state index in [1.54, 1.807) is 11.6 Å². The van der Waals surface area contributed by atoms with Gasteiger partial charge in [0.15, 0.2) is 0 Å². The van der Waals surface area contributed by atoms with Crippen LogP contribution in [0, 0.1) is 33.5 Å². The molecule has 4 rings (SSSR count). The zero-order chi connectivity index (χ0) is 23.7. The molecule has 5 nitrogen and oxygen atoms in total. The Morgan fingerprint density at radius 1 is 0.879 bits per heavy atom. The molecule has 1 N–H and O–H groups in total. The molecule has 3 aromatic carbocycles. The third-order valence-electron chi connectivity index (χ3n) is 5.67. The Hall–Kier alpha value is -4.06. The lowest BCUT2D eigenvalue weighted by Gasteiger charge is -2.19. The first-order chi connectivity index (χ1) is 15.7. The van der Waals surface area contributed by atoms with Crippen LogP contribution in [0.4, 0.5) is 10.2 Å². The average molecular weight is 442 g/mol. The lowest BCUT2D eigenvalue weighted by atomic mass is 10.0. The standard InChI is InChI=1S/C27H24FN3O2/c1-16-5-8-20(9-6-16)24-25(32)19(4)30-31(23-14-7-17(2)18(3)15-23)26(24)29-27(33)21-10-12-22(28)13-11-21/h5-15H,1-4H3,(H,29,33). The van der Waals surface area contributed by atoms with E-state index in [4.69, 9.17) is 0 Å². The summed E-state index contributed by atoms with van der Waals surface area (Å²) >= 11 is 0. The predicted octanol–water partition coefficient (Wildman–Crippen LogP) is 5.52. The second-order valence-corrected chi connectivity index (χ2v) is 8.15. The van der Waals surface area contributed by atoms with Gasteiger partial charge in [-0.05, 0) is 80.8 Å². The van der Waals surface area contributed by atoms with Crippen molar-refractivity contribution in [3.63, 3.8) is 0 Å². The van der Waals surface area contributed by atoms with Crippen molar-refractivity contribution in [1.82, 2.24) is 9.78 Å². The molecule has 1 aromatic heterocycles. The molecule has 166 valence electrons. The van der Waals surface area contributed by atoms with E-state index in [9.17, 15) is 14.0 Å². The van der Waals surface area contributed by atoms with Crippen LogP contribution in [0.25, 0.3) is 16.8 Å². The van der Waals surface area contributed by atoms with Gasteiger partial charge in [0.2, 0.25) is 5.43 Å². The van der Waals surface area contributed by atoms with Crippen molar-refractivity contribution in [3.8, 4) is 16.8 Å². The van der Waals surface area contributed by atoms with Crippen LogP contribution >= 0.6 is 0 Å². The SMILES string of the molecule is Cc1ccc(-c2c(NC(=O)c3ccc(F)cc3)n(-c3ccc(C)c(C)c3)nc(C)c2=O)cc1. The molecule has 0 bridgehead atoms. The molecule has 0 spiro atoms. The monoisotopic (exact) mass is 441 g/mol. The van der Waals surface area contributed by atoms with Gasteiger partial charge in [-0.1, -0.05) is 35.9 Å². The largest absolute Gasteiger partial charge is 0.306 e. The first-order valence-corrected chi connectivity index (χ1v) is 10.6. The van der Waals surface area contributed by atoms with Gasteiger partial charge in [0.05, 0.1) is 11.3 Å². The molecule has 33 heavy (non-hydrogen) atoms. The Kier molecular flexibility index (Phi) is 5.92. The fourth-order valence-electron chi connectivity index (χ4n) is 3.57. The van der Waals surface area contributed by atoms with E-state index in [1.165, 1.54) is 24.3 Å². The summed E-state index contributed by atoms with van der Waals surface area (Å²) in [6.45, 7) is 7.62. The highest BCUT2D eigenvalue weighted by Gasteiger charge is 2.21. The van der Waals surface area contributed by atoms with Crippen LogP contribution in [-0.4, -0.2) is 15.7 Å². The Labute approximate surface area is 191 Å². The highest BCUT2D eigenvalue weighted by molar-refractivity contribution is 6.05. The van der Waals surface area contributed by atoms with Gasteiger partial charge in [-0.25, -0.2) is 9.07 Å². The summed E-state index contributed by atoms with van der Waals surface area (Å²) < 4.78 is 14.9. The molecule has 0 fully saturated rings. The van der Waals surface area contributed by atoms with Crippen molar-refractivity contribution < 1.29 is 9.18 Å². The van der Waals surface area contributed by atoms with E-state index in [0.717, 1.165) is 16.7 Å². The van der Waals surface area contributed by atoms with E-state index in [1.807, 2.05) is 63.2 Å². The van der Waals surface area contributed by atoms with Crippen LogP contribution in [0.5, 0.6) is 0 Å². The number of rotatable bonds is 4. The molecule has 4 aromatic rings. The van der Waals surface area contributed by atoms with Gasteiger partial charge in [-0.3, -0.25) is 9.59 Å². The van der Waals surface area contributed by atoms with E-state index in [0.29, 0.717) is 22.5 Å². The fraction of sp³-hybridized carbons (Fsp3) is 0.148. The van der Waals surface area contributed by atoms with Crippen LogP contribution < -0.4 is 10.7 Å². The quantitative estimate of drug-likeness (QED) is 0.453. The topological polar surface area (TPSA) is 64.0 Å². The number of nitrogens with one attached hydrogen (secondary N) is 1. The van der Waals surface area contributed by atoms with E-state index in [-0.39, 0.29) is 16.8 Å². The molecule has 0 saturated carbocycles. The smallest absolute Gasteiger partial charge is 0.256 e. The number of carbonyl (C=O) groups is 1. The number of aryl methyl sites for hydroxylation is 4. The number of amides is 1. The molecule has 0 aliphatic carbocycles. The van der Waals surface area contributed by atoms with Crippen molar-refractivity contribution in [2.45, 2.75) is 27.7 Å². The maximum atomic E-state index is 13.4. The van der Waals surface area contributed by atoms with Gasteiger partial charge < -0.3 is 5.32 Å². The first kappa shape index (κ1) is 22.1. The number of hydrogen-bond acceptors (Lipinski definition) is 3. The molecular formula is C27H24FN3O2. The van der Waals surface area contributed by atoms with Crippen LogP contribution in [0.15, 0.2) is 71.5 Å². The van der Waals surface area contributed by atoms with Crippen molar-refractivity contribution in [3.05, 3.63) is 111 Å². The van der Waals surface area contributed by atoms with Crippen molar-refractivity contribution >= 4 is 11.7 Å². The Balaban J connectivity index is 1.96. The van der Waals surface area contributed by atoms with Gasteiger partial charge in [0.1, 0.15) is 17.3 Å². The minimum absolute atomic E-state index is 0.257.